The third kappa shape index (κ3) is 2.84. The van der Waals surface area contributed by atoms with E-state index in [2.05, 4.69) is 10.1 Å². The average molecular weight is 248 g/mol. The largest absolute Gasteiger partial charge is 0.468 e. The van der Waals surface area contributed by atoms with Gasteiger partial charge in [0.15, 0.2) is 0 Å². The van der Waals surface area contributed by atoms with Crippen molar-refractivity contribution in [3.8, 4) is 0 Å². The van der Waals surface area contributed by atoms with Gasteiger partial charge in [-0.05, 0) is 25.2 Å². The molecule has 1 aromatic carbocycles. The van der Waals surface area contributed by atoms with Crippen LogP contribution in [-0.4, -0.2) is 20.1 Å². The van der Waals surface area contributed by atoms with E-state index in [1.165, 1.54) is 7.11 Å². The summed E-state index contributed by atoms with van der Waals surface area (Å²) in [6.45, 7) is 0. The lowest BCUT2D eigenvalue weighted by Crippen LogP contribution is -2.26. The van der Waals surface area contributed by atoms with E-state index in [4.69, 9.17) is 23.2 Å². The summed E-state index contributed by atoms with van der Waals surface area (Å²) in [5.41, 5.74) is 0.610. The van der Waals surface area contributed by atoms with E-state index in [0.29, 0.717) is 15.6 Å². The molecule has 0 heterocycles. The fourth-order valence-electron chi connectivity index (χ4n) is 1.25. The van der Waals surface area contributed by atoms with E-state index in [1.54, 1.807) is 25.2 Å². The van der Waals surface area contributed by atoms with E-state index in [1.807, 2.05) is 0 Å². The first-order valence-electron chi connectivity index (χ1n) is 4.30. The minimum atomic E-state index is -0.596. The van der Waals surface area contributed by atoms with Crippen molar-refractivity contribution in [2.45, 2.75) is 6.04 Å². The molecule has 1 atom stereocenters. The minimum Gasteiger partial charge on any atom is -0.468 e. The van der Waals surface area contributed by atoms with Gasteiger partial charge in [-0.2, -0.15) is 0 Å². The van der Waals surface area contributed by atoms with Gasteiger partial charge in [0, 0.05) is 15.6 Å². The van der Waals surface area contributed by atoms with E-state index in [0.717, 1.165) is 0 Å². The van der Waals surface area contributed by atoms with Gasteiger partial charge in [0.2, 0.25) is 0 Å². The number of carbonyl (C=O) groups excluding carboxylic acids is 1. The Morgan fingerprint density at radius 1 is 1.47 bits per heavy atom. The second kappa shape index (κ2) is 5.35. The van der Waals surface area contributed by atoms with Crippen molar-refractivity contribution in [1.29, 1.82) is 0 Å². The molecular formula is C10H11Cl2NO2. The minimum absolute atomic E-state index is 0.401. The molecule has 0 saturated heterocycles. The summed E-state index contributed by atoms with van der Waals surface area (Å²) in [6.07, 6.45) is 0. The zero-order valence-electron chi connectivity index (χ0n) is 8.38. The zero-order chi connectivity index (χ0) is 11.4. The molecule has 15 heavy (non-hydrogen) atoms. The lowest BCUT2D eigenvalue weighted by Gasteiger charge is -2.15. The monoisotopic (exact) mass is 247 g/mol. The predicted octanol–water partition coefficient (Wildman–Crippen LogP) is 2.43. The Labute approximate surface area is 98.3 Å². The Bertz CT molecular complexity index is 368. The van der Waals surface area contributed by atoms with E-state index >= 15 is 0 Å². The number of carbonyl (C=O) groups is 1. The first kappa shape index (κ1) is 12.3. The molecule has 1 N–H and O–H groups in total. The smallest absolute Gasteiger partial charge is 0.327 e. The summed E-state index contributed by atoms with van der Waals surface area (Å²) in [5, 5.41) is 3.82. The third-order valence-electron chi connectivity index (χ3n) is 1.99. The van der Waals surface area contributed by atoms with E-state index < -0.39 is 12.0 Å². The fraction of sp³-hybridized carbons (Fsp3) is 0.300. The van der Waals surface area contributed by atoms with Crippen LogP contribution in [0, 0.1) is 0 Å². The Balaban J connectivity index is 3.11. The van der Waals surface area contributed by atoms with Crippen LogP contribution >= 0.6 is 23.2 Å². The second-order valence-electron chi connectivity index (χ2n) is 2.91. The van der Waals surface area contributed by atoms with Crippen LogP contribution in [0.25, 0.3) is 0 Å². The number of nitrogens with one attached hydrogen (secondary N) is 1. The highest BCUT2D eigenvalue weighted by atomic mass is 35.5. The maximum atomic E-state index is 11.4. The summed E-state index contributed by atoms with van der Waals surface area (Å²) in [5.74, 6) is -0.401. The van der Waals surface area contributed by atoms with Gasteiger partial charge < -0.3 is 10.1 Å². The van der Waals surface area contributed by atoms with Crippen molar-refractivity contribution < 1.29 is 9.53 Å². The Hall–Kier alpha value is -0.770. The number of benzene rings is 1. The van der Waals surface area contributed by atoms with Crippen LogP contribution in [-0.2, 0) is 9.53 Å². The van der Waals surface area contributed by atoms with E-state index in [9.17, 15) is 4.79 Å². The molecular weight excluding hydrogens is 237 g/mol. The molecule has 0 spiro atoms. The van der Waals surface area contributed by atoms with Gasteiger partial charge in [-0.25, -0.2) is 4.79 Å². The molecule has 1 rings (SSSR count). The van der Waals surface area contributed by atoms with Gasteiger partial charge in [0.1, 0.15) is 6.04 Å². The van der Waals surface area contributed by atoms with Crippen molar-refractivity contribution in [2.24, 2.45) is 0 Å². The summed E-state index contributed by atoms with van der Waals surface area (Å²) >= 11 is 11.8. The van der Waals surface area contributed by atoms with Crippen LogP contribution in [0.15, 0.2) is 18.2 Å². The number of hydrogen-bond donors (Lipinski definition) is 1. The molecule has 0 aliphatic carbocycles. The molecule has 5 heteroatoms. The van der Waals surface area contributed by atoms with Gasteiger partial charge >= 0.3 is 5.97 Å². The average Bonchev–Trinajstić information content (AvgIpc) is 2.23. The lowest BCUT2D eigenvalue weighted by atomic mass is 10.1. The lowest BCUT2D eigenvalue weighted by molar-refractivity contribution is -0.143. The summed E-state index contributed by atoms with van der Waals surface area (Å²) in [6, 6.07) is 4.35. The number of methoxy groups -OCH3 is 1. The molecule has 0 bridgehead atoms. The molecule has 82 valence electrons. The van der Waals surface area contributed by atoms with Gasteiger partial charge in [-0.3, -0.25) is 0 Å². The fourth-order valence-corrected chi connectivity index (χ4v) is 1.66. The van der Waals surface area contributed by atoms with Gasteiger partial charge in [0.05, 0.1) is 7.11 Å². The highest BCUT2D eigenvalue weighted by molar-refractivity contribution is 6.33. The van der Waals surface area contributed by atoms with Crippen molar-refractivity contribution in [3.05, 3.63) is 33.8 Å². The Morgan fingerprint density at radius 3 is 2.67 bits per heavy atom. The highest BCUT2D eigenvalue weighted by Gasteiger charge is 2.21. The zero-order valence-corrected chi connectivity index (χ0v) is 9.89. The first-order chi connectivity index (χ1) is 7.10. The number of rotatable bonds is 3. The number of halogens is 2. The number of hydrogen-bond acceptors (Lipinski definition) is 3. The topological polar surface area (TPSA) is 38.3 Å². The van der Waals surface area contributed by atoms with Crippen LogP contribution in [0.2, 0.25) is 10.0 Å². The predicted molar refractivity (Wildman–Crippen MR) is 60.3 cm³/mol. The van der Waals surface area contributed by atoms with Crippen LogP contribution in [0.4, 0.5) is 0 Å². The molecule has 0 saturated carbocycles. The molecule has 0 aromatic heterocycles. The van der Waals surface area contributed by atoms with Crippen molar-refractivity contribution in [2.75, 3.05) is 14.2 Å². The second-order valence-corrected chi connectivity index (χ2v) is 3.75. The summed E-state index contributed by atoms with van der Waals surface area (Å²) in [7, 11) is 2.98. The maximum absolute atomic E-state index is 11.4. The normalized spacial score (nSPS) is 12.3. The number of esters is 1. The van der Waals surface area contributed by atoms with Crippen LogP contribution in [0.1, 0.15) is 11.6 Å². The summed E-state index contributed by atoms with van der Waals surface area (Å²) in [4.78, 5) is 11.4. The first-order valence-corrected chi connectivity index (χ1v) is 5.05. The summed E-state index contributed by atoms with van der Waals surface area (Å²) < 4.78 is 4.65. The van der Waals surface area contributed by atoms with Crippen molar-refractivity contribution in [3.63, 3.8) is 0 Å². The maximum Gasteiger partial charge on any atom is 0.327 e. The van der Waals surface area contributed by atoms with Crippen LogP contribution in [0.3, 0.4) is 0 Å². The molecule has 0 fully saturated rings. The SMILES string of the molecule is CNC(C(=O)OC)c1cc(Cl)ccc1Cl. The standard InChI is InChI=1S/C10H11Cl2NO2/c1-13-9(10(14)15-2)7-5-6(11)3-4-8(7)12/h3-5,9,13H,1-2H3. The van der Waals surface area contributed by atoms with Gasteiger partial charge in [-0.1, -0.05) is 23.2 Å². The molecule has 0 aliphatic rings. The quantitative estimate of drug-likeness (QED) is 0.835. The van der Waals surface area contributed by atoms with Crippen molar-refractivity contribution >= 4 is 29.2 Å². The Morgan fingerprint density at radius 2 is 2.13 bits per heavy atom. The molecule has 0 amide bonds. The molecule has 1 aromatic rings. The van der Waals surface area contributed by atoms with E-state index in [-0.39, 0.29) is 0 Å². The molecule has 1 unspecified atom stereocenters. The van der Waals surface area contributed by atoms with Crippen LogP contribution < -0.4 is 5.32 Å². The van der Waals surface area contributed by atoms with Crippen LogP contribution in [0.5, 0.6) is 0 Å². The highest BCUT2D eigenvalue weighted by Crippen LogP contribution is 2.26. The molecule has 0 aliphatic heterocycles. The molecule has 3 nitrogen and oxygen atoms in total. The number of likely N-dealkylation sites (N-methyl/N-ethyl adjacent to an activating group) is 1. The van der Waals surface area contributed by atoms with Gasteiger partial charge in [-0.15, -0.1) is 0 Å². The number of ether oxygens (including phenoxy) is 1. The molecule has 0 radical (unpaired) electrons. The third-order valence-corrected chi connectivity index (χ3v) is 2.57. The van der Waals surface area contributed by atoms with Crippen molar-refractivity contribution in [1.82, 2.24) is 5.32 Å². The van der Waals surface area contributed by atoms with Gasteiger partial charge in [0.25, 0.3) is 0 Å². The Kier molecular flexibility index (Phi) is 4.39.